The van der Waals surface area contributed by atoms with E-state index < -0.39 is 0 Å². The van der Waals surface area contributed by atoms with Gasteiger partial charge < -0.3 is 9.88 Å². The molecule has 3 heterocycles. The van der Waals surface area contributed by atoms with Crippen LogP contribution in [0, 0.1) is 17.2 Å². The maximum atomic E-state index is 12.5. The van der Waals surface area contributed by atoms with Gasteiger partial charge in [-0.3, -0.25) is 4.79 Å². The van der Waals surface area contributed by atoms with Crippen LogP contribution in [0.5, 0.6) is 0 Å². The van der Waals surface area contributed by atoms with E-state index in [9.17, 15) is 4.79 Å². The van der Waals surface area contributed by atoms with E-state index in [4.69, 9.17) is 5.26 Å². The van der Waals surface area contributed by atoms with Crippen LogP contribution < -0.4 is 0 Å². The zero-order valence-corrected chi connectivity index (χ0v) is 14.6. The molecule has 1 aromatic carbocycles. The number of nitrogens with one attached hydrogen (secondary N) is 1. The molecule has 2 aromatic heterocycles. The second-order valence-electron chi connectivity index (χ2n) is 6.42. The summed E-state index contributed by atoms with van der Waals surface area (Å²) in [4.78, 5) is 23.7. The monoisotopic (exact) mass is 350 g/mol. The molecule has 25 heavy (non-hydrogen) atoms. The van der Waals surface area contributed by atoms with Crippen molar-refractivity contribution < 1.29 is 4.79 Å². The van der Waals surface area contributed by atoms with Crippen LogP contribution in [-0.2, 0) is 6.42 Å². The molecule has 1 amide bonds. The molecule has 0 spiro atoms. The fourth-order valence-electron chi connectivity index (χ4n) is 3.38. The number of fused-ring (bicyclic) bond motifs is 1. The molecule has 3 aromatic rings. The Morgan fingerprint density at radius 3 is 2.80 bits per heavy atom. The first-order valence-corrected chi connectivity index (χ1v) is 9.27. The van der Waals surface area contributed by atoms with Gasteiger partial charge in [-0.2, -0.15) is 5.26 Å². The average Bonchev–Trinajstić information content (AvgIpc) is 3.28. The van der Waals surface area contributed by atoms with E-state index in [0.717, 1.165) is 49.2 Å². The fraction of sp³-hybridized carbons (Fsp3) is 0.316. The molecular formula is C19H18N4OS. The van der Waals surface area contributed by atoms with Gasteiger partial charge in [-0.05, 0) is 43.0 Å². The van der Waals surface area contributed by atoms with Crippen molar-refractivity contribution in [2.75, 3.05) is 13.1 Å². The van der Waals surface area contributed by atoms with E-state index in [-0.39, 0.29) is 5.91 Å². The van der Waals surface area contributed by atoms with Crippen LogP contribution in [0.1, 0.15) is 33.2 Å². The lowest BCUT2D eigenvalue weighted by atomic mass is 9.93. The van der Waals surface area contributed by atoms with E-state index in [1.54, 1.807) is 12.1 Å². The Hall–Kier alpha value is -2.65. The smallest absolute Gasteiger partial charge is 0.263 e. The molecule has 126 valence electrons. The molecule has 1 fully saturated rings. The molecule has 0 saturated carbocycles. The number of carbonyl (C=O) groups excluding carboxylic acids is 1. The SMILES string of the molecule is N#Cc1ccc(C(=O)N2CCC(Cc3nc4ccccc4[nH]3)CC2)s1. The minimum atomic E-state index is 0.0497. The van der Waals surface area contributed by atoms with Crippen LogP contribution in [0.25, 0.3) is 11.0 Å². The Balaban J connectivity index is 1.36. The minimum absolute atomic E-state index is 0.0497. The summed E-state index contributed by atoms with van der Waals surface area (Å²) in [7, 11) is 0. The standard InChI is InChI=1S/C19H18N4OS/c20-12-14-5-6-17(25-14)19(24)23-9-7-13(8-10-23)11-18-21-15-3-1-2-4-16(15)22-18/h1-6,13H,7-11H2,(H,21,22). The zero-order chi connectivity index (χ0) is 17.2. The summed E-state index contributed by atoms with van der Waals surface area (Å²) in [5.41, 5.74) is 2.09. The number of hydrogen-bond donors (Lipinski definition) is 1. The number of H-pyrrole nitrogens is 1. The number of hydrogen-bond acceptors (Lipinski definition) is 4. The number of benzene rings is 1. The van der Waals surface area contributed by atoms with Crippen molar-refractivity contribution in [3.8, 4) is 6.07 Å². The maximum absolute atomic E-state index is 12.5. The highest BCUT2D eigenvalue weighted by atomic mass is 32.1. The third-order valence-corrected chi connectivity index (χ3v) is 5.73. The van der Waals surface area contributed by atoms with Crippen molar-refractivity contribution in [2.24, 2.45) is 5.92 Å². The molecule has 6 heteroatoms. The third-order valence-electron chi connectivity index (χ3n) is 4.75. The van der Waals surface area contributed by atoms with Crippen LogP contribution >= 0.6 is 11.3 Å². The number of piperidine rings is 1. The van der Waals surface area contributed by atoms with Crippen molar-refractivity contribution >= 4 is 28.3 Å². The van der Waals surface area contributed by atoms with E-state index in [1.165, 1.54) is 11.3 Å². The summed E-state index contributed by atoms with van der Waals surface area (Å²) in [6, 6.07) is 13.6. The predicted molar refractivity (Wildman–Crippen MR) is 97.5 cm³/mol. The lowest BCUT2D eigenvalue weighted by Gasteiger charge is -2.31. The normalized spacial score (nSPS) is 15.4. The number of nitriles is 1. The van der Waals surface area contributed by atoms with Crippen LogP contribution in [0.4, 0.5) is 0 Å². The highest BCUT2D eigenvalue weighted by Gasteiger charge is 2.25. The molecule has 1 aliphatic rings. The minimum Gasteiger partial charge on any atom is -0.342 e. The Labute approximate surface area is 149 Å². The number of imidazole rings is 1. The second-order valence-corrected chi connectivity index (χ2v) is 7.50. The number of rotatable bonds is 3. The van der Waals surface area contributed by atoms with Gasteiger partial charge in [0.2, 0.25) is 0 Å². The zero-order valence-electron chi connectivity index (χ0n) is 13.7. The quantitative estimate of drug-likeness (QED) is 0.784. The number of thiophene rings is 1. The number of para-hydroxylation sites is 2. The van der Waals surface area contributed by atoms with Gasteiger partial charge in [0.1, 0.15) is 16.8 Å². The van der Waals surface area contributed by atoms with Crippen LogP contribution in [0.15, 0.2) is 36.4 Å². The number of carbonyl (C=O) groups is 1. The molecule has 1 aliphatic heterocycles. The van der Waals surface area contributed by atoms with Crippen LogP contribution in [0.2, 0.25) is 0 Å². The Morgan fingerprint density at radius 1 is 1.28 bits per heavy atom. The van der Waals surface area contributed by atoms with Gasteiger partial charge in [0, 0.05) is 19.5 Å². The van der Waals surface area contributed by atoms with E-state index >= 15 is 0 Å². The van der Waals surface area contributed by atoms with Crippen molar-refractivity contribution in [3.05, 3.63) is 52.0 Å². The molecule has 1 N–H and O–H groups in total. The highest BCUT2D eigenvalue weighted by Crippen LogP contribution is 2.25. The van der Waals surface area contributed by atoms with Gasteiger partial charge >= 0.3 is 0 Å². The summed E-state index contributed by atoms with van der Waals surface area (Å²) >= 11 is 1.27. The number of aromatic amines is 1. The molecule has 0 aliphatic carbocycles. The van der Waals surface area contributed by atoms with Crippen LogP contribution in [0.3, 0.4) is 0 Å². The van der Waals surface area contributed by atoms with E-state index in [1.807, 2.05) is 29.2 Å². The van der Waals surface area contributed by atoms with Gasteiger partial charge in [0.05, 0.1) is 15.9 Å². The van der Waals surface area contributed by atoms with Crippen molar-refractivity contribution in [1.29, 1.82) is 5.26 Å². The number of likely N-dealkylation sites (tertiary alicyclic amines) is 1. The lowest BCUT2D eigenvalue weighted by Crippen LogP contribution is -2.38. The summed E-state index contributed by atoms with van der Waals surface area (Å²) < 4.78 is 0. The number of nitrogens with zero attached hydrogens (tertiary/aromatic N) is 3. The summed E-state index contributed by atoms with van der Waals surface area (Å²) in [5.74, 6) is 1.62. The number of aromatic nitrogens is 2. The first-order chi connectivity index (χ1) is 12.2. The summed E-state index contributed by atoms with van der Waals surface area (Å²) in [6.45, 7) is 1.53. The average molecular weight is 350 g/mol. The topological polar surface area (TPSA) is 72.8 Å². The third kappa shape index (κ3) is 3.28. The summed E-state index contributed by atoms with van der Waals surface area (Å²) in [6.07, 6.45) is 2.90. The van der Waals surface area contributed by atoms with Gasteiger partial charge in [0.25, 0.3) is 5.91 Å². The molecule has 0 bridgehead atoms. The Bertz CT molecular complexity index is 911. The first-order valence-electron chi connectivity index (χ1n) is 8.46. The first kappa shape index (κ1) is 15.9. The fourth-order valence-corrected chi connectivity index (χ4v) is 4.16. The number of amides is 1. The van der Waals surface area contributed by atoms with Gasteiger partial charge in [-0.1, -0.05) is 12.1 Å². The van der Waals surface area contributed by atoms with Gasteiger partial charge in [0.15, 0.2) is 0 Å². The second kappa shape index (κ2) is 6.69. The maximum Gasteiger partial charge on any atom is 0.263 e. The van der Waals surface area contributed by atoms with Gasteiger partial charge in [-0.25, -0.2) is 4.98 Å². The molecule has 1 saturated heterocycles. The molecule has 4 rings (SSSR count). The van der Waals surface area contributed by atoms with Crippen LogP contribution in [-0.4, -0.2) is 33.9 Å². The largest absolute Gasteiger partial charge is 0.342 e. The molecule has 5 nitrogen and oxygen atoms in total. The molecule has 0 radical (unpaired) electrons. The Morgan fingerprint density at radius 2 is 2.08 bits per heavy atom. The Kier molecular flexibility index (Phi) is 4.24. The van der Waals surface area contributed by atoms with E-state index in [2.05, 4.69) is 16.0 Å². The molecule has 0 atom stereocenters. The predicted octanol–water partition coefficient (Wildman–Crippen LogP) is 3.59. The van der Waals surface area contributed by atoms with Crippen molar-refractivity contribution in [2.45, 2.75) is 19.3 Å². The lowest BCUT2D eigenvalue weighted by molar-refractivity contribution is 0.0695. The molecular weight excluding hydrogens is 332 g/mol. The molecule has 0 unspecified atom stereocenters. The van der Waals surface area contributed by atoms with E-state index in [0.29, 0.717) is 15.7 Å². The summed E-state index contributed by atoms with van der Waals surface area (Å²) in [5, 5.41) is 8.90. The van der Waals surface area contributed by atoms with Crippen molar-refractivity contribution in [3.63, 3.8) is 0 Å². The van der Waals surface area contributed by atoms with Crippen molar-refractivity contribution in [1.82, 2.24) is 14.9 Å². The van der Waals surface area contributed by atoms with Gasteiger partial charge in [-0.15, -0.1) is 11.3 Å². The highest BCUT2D eigenvalue weighted by molar-refractivity contribution is 7.14.